The molecule has 4 amide bonds. The van der Waals surface area contributed by atoms with Crippen LogP contribution in [0, 0.1) is 0 Å². The second-order valence-corrected chi connectivity index (χ2v) is 9.29. The van der Waals surface area contributed by atoms with Gasteiger partial charge < -0.3 is 24.6 Å². The molecular formula is C23H30N6O3S. The Hall–Kier alpha value is -3.01. The van der Waals surface area contributed by atoms with Gasteiger partial charge in [-0.1, -0.05) is 11.8 Å². The zero-order valence-electron chi connectivity index (χ0n) is 18.9. The molecule has 0 aliphatic carbocycles. The van der Waals surface area contributed by atoms with Crippen molar-refractivity contribution in [1.29, 1.82) is 0 Å². The quantitative estimate of drug-likeness (QED) is 0.678. The fraction of sp³-hybridized carbons (Fsp3) is 0.478. The van der Waals surface area contributed by atoms with E-state index in [1.807, 2.05) is 27.6 Å². The highest BCUT2D eigenvalue weighted by Crippen LogP contribution is 2.17. The van der Waals surface area contributed by atoms with E-state index in [4.69, 9.17) is 0 Å². The van der Waals surface area contributed by atoms with Gasteiger partial charge in [0, 0.05) is 70.0 Å². The number of hydrogen-bond donors (Lipinski definition) is 1. The van der Waals surface area contributed by atoms with Gasteiger partial charge in [0.05, 0.1) is 5.75 Å². The normalized spacial score (nSPS) is 16.6. The second-order valence-electron chi connectivity index (χ2n) is 8.34. The number of piperidine rings is 1. The summed E-state index contributed by atoms with van der Waals surface area (Å²) >= 11 is 1.37. The first-order chi connectivity index (χ1) is 16.0. The molecule has 2 aliphatic rings. The average molecular weight is 471 g/mol. The smallest absolute Gasteiger partial charge is 0.320 e. The monoisotopic (exact) mass is 470 g/mol. The second kappa shape index (κ2) is 10.7. The number of urea groups is 1. The minimum atomic E-state index is -0.128. The number of thioether (sulfide) groups is 1. The molecule has 0 saturated carbocycles. The minimum Gasteiger partial charge on any atom is -0.335 e. The number of anilines is 1. The van der Waals surface area contributed by atoms with Crippen molar-refractivity contribution in [1.82, 2.24) is 24.3 Å². The molecule has 1 aromatic heterocycles. The van der Waals surface area contributed by atoms with E-state index in [1.165, 1.54) is 18.2 Å². The van der Waals surface area contributed by atoms with Gasteiger partial charge in [-0.15, -0.1) is 0 Å². The van der Waals surface area contributed by atoms with E-state index < -0.39 is 0 Å². The molecule has 2 aliphatic heterocycles. The Labute approximate surface area is 198 Å². The summed E-state index contributed by atoms with van der Waals surface area (Å²) in [6, 6.07) is 7.05. The third-order valence-corrected chi connectivity index (χ3v) is 7.05. The number of nitrogens with one attached hydrogen (secondary N) is 1. The number of piperazine rings is 1. The third-order valence-electron chi connectivity index (χ3n) is 5.99. The van der Waals surface area contributed by atoms with Crippen molar-refractivity contribution in [2.75, 3.05) is 50.3 Å². The van der Waals surface area contributed by atoms with E-state index in [-0.39, 0.29) is 23.6 Å². The first-order valence-corrected chi connectivity index (χ1v) is 12.3. The van der Waals surface area contributed by atoms with E-state index in [2.05, 4.69) is 10.3 Å². The molecule has 0 atom stereocenters. The molecule has 33 heavy (non-hydrogen) atoms. The summed E-state index contributed by atoms with van der Waals surface area (Å²) in [6.45, 7) is 3.85. The lowest BCUT2D eigenvalue weighted by atomic mass is 10.1. The van der Waals surface area contributed by atoms with Crippen LogP contribution in [0.5, 0.6) is 0 Å². The fourth-order valence-electron chi connectivity index (χ4n) is 4.08. The topological polar surface area (TPSA) is 90.8 Å². The Morgan fingerprint density at radius 3 is 2.18 bits per heavy atom. The van der Waals surface area contributed by atoms with E-state index in [0.29, 0.717) is 37.4 Å². The summed E-state index contributed by atoms with van der Waals surface area (Å²) < 4.78 is 1.86. The number of aryl methyl sites for hydroxylation is 1. The van der Waals surface area contributed by atoms with Crippen molar-refractivity contribution in [3.63, 3.8) is 0 Å². The predicted octanol–water partition coefficient (Wildman–Crippen LogP) is 2.51. The number of aromatic nitrogens is 2. The van der Waals surface area contributed by atoms with Crippen LogP contribution in [0.15, 0.2) is 41.8 Å². The summed E-state index contributed by atoms with van der Waals surface area (Å²) in [7, 11) is 1.88. The Bertz CT molecular complexity index is 978. The van der Waals surface area contributed by atoms with Crippen LogP contribution in [0.1, 0.15) is 29.6 Å². The Morgan fingerprint density at radius 2 is 1.55 bits per heavy atom. The van der Waals surface area contributed by atoms with Gasteiger partial charge in [-0.3, -0.25) is 9.59 Å². The molecule has 176 valence electrons. The van der Waals surface area contributed by atoms with Gasteiger partial charge in [-0.2, -0.15) is 0 Å². The van der Waals surface area contributed by atoms with E-state index in [1.54, 1.807) is 35.4 Å². The Balaban J connectivity index is 1.24. The number of imidazole rings is 1. The van der Waals surface area contributed by atoms with Gasteiger partial charge in [0.15, 0.2) is 5.16 Å². The maximum atomic E-state index is 12.9. The number of amides is 4. The molecule has 1 N–H and O–H groups in total. The lowest BCUT2D eigenvalue weighted by Gasteiger charge is -2.38. The van der Waals surface area contributed by atoms with Crippen molar-refractivity contribution in [2.24, 2.45) is 7.05 Å². The molecule has 0 unspecified atom stereocenters. The van der Waals surface area contributed by atoms with Crippen LogP contribution in [0.4, 0.5) is 10.5 Å². The number of carbonyl (C=O) groups excluding carboxylic acids is 3. The van der Waals surface area contributed by atoms with Crippen LogP contribution in [0.2, 0.25) is 0 Å². The summed E-state index contributed by atoms with van der Waals surface area (Å²) in [5, 5.41) is 3.63. The summed E-state index contributed by atoms with van der Waals surface area (Å²) in [5.41, 5.74) is 1.22. The van der Waals surface area contributed by atoms with Gasteiger partial charge in [0.1, 0.15) is 0 Å². The number of nitrogens with zero attached hydrogens (tertiary/aromatic N) is 5. The highest BCUT2D eigenvalue weighted by molar-refractivity contribution is 7.99. The largest absolute Gasteiger partial charge is 0.335 e. The molecule has 0 spiro atoms. The van der Waals surface area contributed by atoms with Crippen LogP contribution in [0.3, 0.4) is 0 Å². The SMILES string of the molecule is Cn1ccnc1SCC(=O)Nc1ccc(C(=O)N2CCN(C(=O)N3CCCCC3)CC2)cc1. The first kappa shape index (κ1) is 23.2. The molecule has 0 radical (unpaired) electrons. The number of rotatable bonds is 5. The fourth-order valence-corrected chi connectivity index (χ4v) is 4.82. The minimum absolute atomic E-state index is 0.0525. The zero-order valence-corrected chi connectivity index (χ0v) is 19.7. The molecule has 10 heteroatoms. The lowest BCUT2D eigenvalue weighted by molar-refractivity contribution is -0.113. The van der Waals surface area contributed by atoms with Gasteiger partial charge in [0.2, 0.25) is 5.91 Å². The zero-order chi connectivity index (χ0) is 23.2. The number of likely N-dealkylation sites (tertiary alicyclic amines) is 1. The molecular weight excluding hydrogens is 440 g/mol. The highest BCUT2D eigenvalue weighted by atomic mass is 32.2. The van der Waals surface area contributed by atoms with Crippen LogP contribution < -0.4 is 5.32 Å². The predicted molar refractivity (Wildman–Crippen MR) is 127 cm³/mol. The summed E-state index contributed by atoms with van der Waals surface area (Å²) in [5.74, 6) is 0.0752. The first-order valence-electron chi connectivity index (χ1n) is 11.3. The van der Waals surface area contributed by atoms with Crippen molar-refractivity contribution < 1.29 is 14.4 Å². The van der Waals surface area contributed by atoms with Crippen LogP contribution in [0.25, 0.3) is 0 Å². The Morgan fingerprint density at radius 1 is 0.909 bits per heavy atom. The molecule has 2 fully saturated rings. The number of benzene rings is 1. The number of hydrogen-bond acceptors (Lipinski definition) is 5. The molecule has 3 heterocycles. The maximum Gasteiger partial charge on any atom is 0.320 e. The van der Waals surface area contributed by atoms with Gasteiger partial charge in [0.25, 0.3) is 5.91 Å². The van der Waals surface area contributed by atoms with E-state index in [0.717, 1.165) is 31.1 Å². The lowest BCUT2D eigenvalue weighted by Crippen LogP contribution is -2.54. The molecule has 2 saturated heterocycles. The maximum absolute atomic E-state index is 12.9. The Kier molecular flexibility index (Phi) is 7.54. The third kappa shape index (κ3) is 5.87. The van der Waals surface area contributed by atoms with Crippen molar-refractivity contribution in [3.05, 3.63) is 42.2 Å². The van der Waals surface area contributed by atoms with Crippen molar-refractivity contribution in [2.45, 2.75) is 24.4 Å². The summed E-state index contributed by atoms with van der Waals surface area (Å²) in [6.07, 6.45) is 6.87. The van der Waals surface area contributed by atoms with Crippen LogP contribution in [-0.4, -0.2) is 87.1 Å². The van der Waals surface area contributed by atoms with Gasteiger partial charge in [-0.25, -0.2) is 9.78 Å². The average Bonchev–Trinajstić information content (AvgIpc) is 3.27. The molecule has 2 aromatic rings. The highest BCUT2D eigenvalue weighted by Gasteiger charge is 2.28. The van der Waals surface area contributed by atoms with Crippen molar-refractivity contribution in [3.8, 4) is 0 Å². The number of carbonyl (C=O) groups is 3. The van der Waals surface area contributed by atoms with E-state index in [9.17, 15) is 14.4 Å². The van der Waals surface area contributed by atoms with Gasteiger partial charge in [-0.05, 0) is 43.5 Å². The van der Waals surface area contributed by atoms with Crippen molar-refractivity contribution >= 4 is 35.3 Å². The molecule has 1 aromatic carbocycles. The van der Waals surface area contributed by atoms with Gasteiger partial charge >= 0.3 is 6.03 Å². The molecule has 4 rings (SSSR count). The standard InChI is InChI=1S/C23H30N6O3S/c1-26-12-9-24-22(26)33-17-20(30)25-19-7-5-18(6-8-19)21(31)27-13-15-29(16-14-27)23(32)28-10-3-2-4-11-28/h5-9,12H,2-4,10-11,13-17H2,1H3,(H,25,30). The molecule has 9 nitrogen and oxygen atoms in total. The molecule has 0 bridgehead atoms. The van der Waals surface area contributed by atoms with E-state index >= 15 is 0 Å². The van der Waals surface area contributed by atoms with Crippen LogP contribution in [-0.2, 0) is 11.8 Å². The summed E-state index contributed by atoms with van der Waals surface area (Å²) in [4.78, 5) is 47.5. The van der Waals surface area contributed by atoms with Crippen LogP contribution >= 0.6 is 11.8 Å².